The highest BCUT2D eigenvalue weighted by Crippen LogP contribution is 2.36. The van der Waals surface area contributed by atoms with E-state index in [2.05, 4.69) is 10.3 Å². The van der Waals surface area contributed by atoms with Crippen LogP contribution in [-0.4, -0.2) is 34.8 Å². The van der Waals surface area contributed by atoms with Gasteiger partial charge in [0.1, 0.15) is 0 Å². The van der Waals surface area contributed by atoms with Crippen molar-refractivity contribution >= 4 is 11.8 Å². The number of carbonyl (C=O) groups is 2. The zero-order chi connectivity index (χ0) is 28.4. The number of carbonyl (C=O) groups excluding carboxylic acids is 2. The topological polar surface area (TPSA) is 88.3 Å². The normalized spacial score (nSPS) is 17.0. The molecule has 1 unspecified atom stereocenters. The molecule has 0 radical (unpaired) electrons. The monoisotopic (exact) mass is 550 g/mol. The van der Waals surface area contributed by atoms with E-state index >= 15 is 0 Å². The number of likely N-dealkylation sites (tertiary alicyclic amines) is 1. The van der Waals surface area contributed by atoms with E-state index in [0.717, 1.165) is 62.0 Å². The highest BCUT2D eigenvalue weighted by Gasteiger charge is 2.35. The van der Waals surface area contributed by atoms with E-state index < -0.39 is 11.7 Å². The van der Waals surface area contributed by atoms with Gasteiger partial charge in [-0.2, -0.15) is 13.2 Å². The first-order chi connectivity index (χ1) is 19.1. The third-order valence-electron chi connectivity index (χ3n) is 7.95. The van der Waals surface area contributed by atoms with Crippen molar-refractivity contribution in [2.24, 2.45) is 11.7 Å². The van der Waals surface area contributed by atoms with Crippen LogP contribution in [0, 0.1) is 5.92 Å². The van der Waals surface area contributed by atoms with Gasteiger partial charge in [0.2, 0.25) is 5.91 Å². The molecule has 0 spiro atoms. The Labute approximate surface area is 231 Å². The van der Waals surface area contributed by atoms with Gasteiger partial charge in [-0.05, 0) is 84.5 Å². The first-order valence-electron chi connectivity index (χ1n) is 13.7. The van der Waals surface area contributed by atoms with Crippen molar-refractivity contribution < 1.29 is 22.8 Å². The Morgan fingerprint density at radius 3 is 2.35 bits per heavy atom. The van der Waals surface area contributed by atoms with Crippen LogP contribution in [0.25, 0.3) is 11.1 Å². The summed E-state index contributed by atoms with van der Waals surface area (Å²) in [5, 5.41) is 2.99. The molecule has 2 heterocycles. The minimum atomic E-state index is -4.45. The van der Waals surface area contributed by atoms with Crippen molar-refractivity contribution in [1.82, 2.24) is 15.2 Å². The summed E-state index contributed by atoms with van der Waals surface area (Å²) in [6.45, 7) is 3.44. The summed E-state index contributed by atoms with van der Waals surface area (Å²) in [5.41, 5.74) is 9.01. The van der Waals surface area contributed by atoms with Crippen molar-refractivity contribution in [3.63, 3.8) is 0 Å². The summed E-state index contributed by atoms with van der Waals surface area (Å²) in [4.78, 5) is 31.7. The molecule has 2 fully saturated rings. The van der Waals surface area contributed by atoms with Crippen molar-refractivity contribution in [3.8, 4) is 11.1 Å². The number of halogens is 3. The van der Waals surface area contributed by atoms with Crippen molar-refractivity contribution in [2.45, 2.75) is 57.3 Å². The molecule has 1 aliphatic heterocycles. The molecule has 1 atom stereocenters. The number of pyridine rings is 1. The minimum absolute atomic E-state index is 0.118. The quantitative estimate of drug-likeness (QED) is 0.387. The summed E-state index contributed by atoms with van der Waals surface area (Å²) in [7, 11) is 0. The lowest BCUT2D eigenvalue weighted by Crippen LogP contribution is -2.38. The first kappa shape index (κ1) is 27.8. The lowest BCUT2D eigenvalue weighted by Gasteiger charge is -2.32. The molecule has 1 aromatic heterocycles. The molecule has 2 aromatic carbocycles. The van der Waals surface area contributed by atoms with E-state index in [1.807, 2.05) is 17.9 Å². The predicted octanol–water partition coefficient (Wildman–Crippen LogP) is 5.83. The number of aromatic nitrogens is 1. The molecule has 1 aliphatic carbocycles. The predicted molar refractivity (Wildman–Crippen MR) is 146 cm³/mol. The lowest BCUT2D eigenvalue weighted by molar-refractivity contribution is -0.137. The molecule has 0 bridgehead atoms. The van der Waals surface area contributed by atoms with E-state index in [1.165, 1.54) is 6.07 Å². The molecule has 210 valence electrons. The molecule has 5 rings (SSSR count). The number of nitrogens with two attached hydrogens (primary N) is 1. The van der Waals surface area contributed by atoms with E-state index in [9.17, 15) is 22.8 Å². The number of nitrogens with zero attached hydrogens (tertiary/aromatic N) is 2. The van der Waals surface area contributed by atoms with Crippen LogP contribution in [-0.2, 0) is 17.5 Å². The smallest absolute Gasteiger partial charge is 0.345 e. The van der Waals surface area contributed by atoms with Gasteiger partial charge in [0, 0.05) is 37.9 Å². The van der Waals surface area contributed by atoms with Crippen LogP contribution in [0.3, 0.4) is 0 Å². The Morgan fingerprint density at radius 2 is 1.73 bits per heavy atom. The van der Waals surface area contributed by atoms with Crippen LogP contribution in [0.15, 0.2) is 60.9 Å². The molecule has 40 heavy (non-hydrogen) atoms. The zero-order valence-corrected chi connectivity index (χ0v) is 22.4. The highest BCUT2D eigenvalue weighted by molar-refractivity contribution is 5.94. The molecule has 6 nitrogen and oxygen atoms in total. The molecule has 2 aliphatic rings. The van der Waals surface area contributed by atoms with Crippen LogP contribution in [0.2, 0.25) is 0 Å². The average Bonchev–Trinajstić information content (AvgIpc) is 3.82. The van der Waals surface area contributed by atoms with Crippen molar-refractivity contribution in [3.05, 3.63) is 88.7 Å². The third kappa shape index (κ3) is 6.20. The number of piperidine rings is 1. The second kappa shape index (κ2) is 11.4. The van der Waals surface area contributed by atoms with E-state index in [-0.39, 0.29) is 36.2 Å². The van der Waals surface area contributed by atoms with Gasteiger partial charge in [-0.1, -0.05) is 30.3 Å². The third-order valence-corrected chi connectivity index (χ3v) is 7.95. The van der Waals surface area contributed by atoms with Gasteiger partial charge >= 0.3 is 6.18 Å². The fourth-order valence-corrected chi connectivity index (χ4v) is 5.34. The maximum atomic E-state index is 13.3. The average molecular weight is 551 g/mol. The van der Waals surface area contributed by atoms with E-state index in [4.69, 9.17) is 5.73 Å². The minimum Gasteiger partial charge on any atom is -0.345 e. The number of hydrogen-bond donors (Lipinski definition) is 2. The van der Waals surface area contributed by atoms with Gasteiger partial charge in [0.25, 0.3) is 5.91 Å². The molecule has 1 saturated heterocycles. The van der Waals surface area contributed by atoms with Crippen LogP contribution in [0.1, 0.15) is 77.2 Å². The van der Waals surface area contributed by atoms with Gasteiger partial charge in [0.05, 0.1) is 17.2 Å². The van der Waals surface area contributed by atoms with Crippen LogP contribution < -0.4 is 11.1 Å². The largest absolute Gasteiger partial charge is 0.416 e. The van der Waals surface area contributed by atoms with Gasteiger partial charge in [-0.3, -0.25) is 14.6 Å². The van der Waals surface area contributed by atoms with Crippen molar-refractivity contribution in [1.29, 1.82) is 0 Å². The lowest BCUT2D eigenvalue weighted by atomic mass is 9.89. The van der Waals surface area contributed by atoms with Gasteiger partial charge < -0.3 is 16.0 Å². The Balaban J connectivity index is 1.23. The summed E-state index contributed by atoms with van der Waals surface area (Å²) in [5.74, 6) is 0.507. The second-order valence-corrected chi connectivity index (χ2v) is 10.8. The van der Waals surface area contributed by atoms with E-state index in [1.54, 1.807) is 36.7 Å². The number of nitrogens with one attached hydrogen (secondary N) is 1. The fraction of sp³-hybridized carbons (Fsp3) is 0.387. The highest BCUT2D eigenvalue weighted by atomic mass is 19.4. The molecule has 1 saturated carbocycles. The summed E-state index contributed by atoms with van der Waals surface area (Å²) < 4.78 is 39.8. The Morgan fingerprint density at radius 1 is 1.02 bits per heavy atom. The SMILES string of the molecule is CC(NC(=O)c1cncc(C2CCN(C(=O)C3CC3)CC2)c1)c1ccc(-c2cc(C(F)(F)F)ccc2CN)cc1. The van der Waals surface area contributed by atoms with Gasteiger partial charge in [-0.15, -0.1) is 0 Å². The summed E-state index contributed by atoms with van der Waals surface area (Å²) in [6.07, 6.45) is 2.62. The fourth-order valence-electron chi connectivity index (χ4n) is 5.34. The molecule has 9 heteroatoms. The van der Waals surface area contributed by atoms with Gasteiger partial charge in [0.15, 0.2) is 0 Å². The van der Waals surface area contributed by atoms with E-state index in [0.29, 0.717) is 22.3 Å². The Kier molecular flexibility index (Phi) is 7.94. The number of amides is 2. The Bertz CT molecular complexity index is 1380. The molecular formula is C31H33F3N4O2. The van der Waals surface area contributed by atoms with Crippen LogP contribution in [0.4, 0.5) is 13.2 Å². The Hall–Kier alpha value is -3.72. The number of alkyl halides is 3. The molecule has 3 aromatic rings. The standard InChI is InChI=1S/C31H33F3N4O2/c1-19(20-2-4-22(5-3-20)28-15-27(31(32,33)34)9-8-24(28)16-35)37-29(39)26-14-25(17-36-18-26)21-10-12-38(13-11-21)30(40)23-6-7-23/h2-5,8-9,14-15,17-19,21,23H,6-7,10-13,16,35H2,1H3,(H,37,39). The van der Waals surface area contributed by atoms with Gasteiger partial charge in [-0.25, -0.2) is 0 Å². The number of rotatable bonds is 7. The maximum Gasteiger partial charge on any atom is 0.416 e. The van der Waals surface area contributed by atoms with Crippen LogP contribution >= 0.6 is 0 Å². The van der Waals surface area contributed by atoms with Crippen LogP contribution in [0.5, 0.6) is 0 Å². The molecule has 2 amide bonds. The zero-order valence-electron chi connectivity index (χ0n) is 22.4. The number of benzene rings is 2. The number of hydrogen-bond acceptors (Lipinski definition) is 4. The summed E-state index contributed by atoms with van der Waals surface area (Å²) in [6, 6.07) is 12.2. The molecule has 3 N–H and O–H groups in total. The van der Waals surface area contributed by atoms with Crippen molar-refractivity contribution in [2.75, 3.05) is 13.1 Å². The molecular weight excluding hydrogens is 517 g/mol. The summed E-state index contributed by atoms with van der Waals surface area (Å²) >= 11 is 0. The maximum absolute atomic E-state index is 13.3. The first-order valence-corrected chi connectivity index (χ1v) is 13.7. The second-order valence-electron chi connectivity index (χ2n) is 10.8.